The van der Waals surface area contributed by atoms with Crippen molar-refractivity contribution in [2.24, 2.45) is 7.05 Å². The molecule has 31 heavy (non-hydrogen) atoms. The first-order valence-corrected chi connectivity index (χ1v) is 10.2. The molecule has 162 valence electrons. The predicted octanol–water partition coefficient (Wildman–Crippen LogP) is 4.18. The van der Waals surface area contributed by atoms with Crippen LogP contribution in [0.3, 0.4) is 0 Å². The fourth-order valence-corrected chi connectivity index (χ4v) is 3.71. The lowest BCUT2D eigenvalue weighted by Crippen LogP contribution is -2.19. The van der Waals surface area contributed by atoms with Gasteiger partial charge in [0, 0.05) is 24.9 Å². The van der Waals surface area contributed by atoms with Gasteiger partial charge in [0.05, 0.1) is 11.6 Å². The van der Waals surface area contributed by atoms with Crippen molar-refractivity contribution < 1.29 is 13.9 Å². The number of aromatic nitrogens is 1. The molecule has 1 heterocycles. The van der Waals surface area contributed by atoms with Crippen LogP contribution in [0.25, 0.3) is 11.1 Å². The predicted molar refractivity (Wildman–Crippen MR) is 120 cm³/mol. The van der Waals surface area contributed by atoms with E-state index in [4.69, 9.17) is 16.3 Å². The molecule has 0 radical (unpaired) electrons. The van der Waals surface area contributed by atoms with E-state index in [1.165, 1.54) is 16.7 Å². The Hall–Kier alpha value is -3.12. The first-order valence-electron chi connectivity index (χ1n) is 9.85. The number of halogens is 2. The van der Waals surface area contributed by atoms with Crippen LogP contribution in [0.1, 0.15) is 22.3 Å². The number of rotatable bonds is 8. The molecule has 0 fully saturated rings. The van der Waals surface area contributed by atoms with Gasteiger partial charge in [-0.25, -0.2) is 4.39 Å². The summed E-state index contributed by atoms with van der Waals surface area (Å²) >= 11 is 6.53. The minimum absolute atomic E-state index is 0.189. The zero-order chi connectivity index (χ0) is 22.5. The second kappa shape index (κ2) is 9.79. The van der Waals surface area contributed by atoms with E-state index >= 15 is 0 Å². The van der Waals surface area contributed by atoms with Crippen LogP contribution in [0.5, 0.6) is 5.75 Å². The summed E-state index contributed by atoms with van der Waals surface area (Å²) in [6.07, 6.45) is 2.75. The van der Waals surface area contributed by atoms with Crippen LogP contribution in [-0.4, -0.2) is 24.1 Å². The number of hydrogen-bond donors (Lipinski definition) is 1. The number of carbonyl (C=O) groups excluding carboxylic acids is 1. The van der Waals surface area contributed by atoms with Crippen molar-refractivity contribution in [2.75, 3.05) is 13.2 Å². The number of pyridine rings is 1. The summed E-state index contributed by atoms with van der Waals surface area (Å²) in [5.74, 6) is 0.205. The highest BCUT2D eigenvalue weighted by molar-refractivity contribution is 6.33. The lowest BCUT2D eigenvalue weighted by molar-refractivity contribution is -0.109. The number of ether oxygens (including phenoxy) is 1. The first kappa shape index (κ1) is 22.6. The minimum Gasteiger partial charge on any atom is -0.490 e. The molecular formula is C24H24ClFN2O3. The van der Waals surface area contributed by atoms with Crippen LogP contribution in [-0.2, 0) is 18.3 Å². The van der Waals surface area contributed by atoms with Crippen LogP contribution in [0.4, 0.5) is 4.39 Å². The van der Waals surface area contributed by atoms with Crippen molar-refractivity contribution in [2.45, 2.75) is 20.3 Å². The van der Waals surface area contributed by atoms with E-state index < -0.39 is 0 Å². The Morgan fingerprint density at radius 1 is 1.19 bits per heavy atom. The minimum atomic E-state index is -0.381. The van der Waals surface area contributed by atoms with Gasteiger partial charge in [-0.15, -0.1) is 0 Å². The fraction of sp³-hybridized carbons (Fsp3) is 0.250. The van der Waals surface area contributed by atoms with Gasteiger partial charge in [0.15, 0.2) is 0 Å². The second-order valence-electron chi connectivity index (χ2n) is 7.40. The molecule has 0 bridgehead atoms. The van der Waals surface area contributed by atoms with Gasteiger partial charge >= 0.3 is 0 Å². The molecule has 3 rings (SSSR count). The highest BCUT2D eigenvalue weighted by Gasteiger charge is 2.15. The van der Waals surface area contributed by atoms with E-state index in [0.29, 0.717) is 47.9 Å². The van der Waals surface area contributed by atoms with Crippen LogP contribution < -0.4 is 15.6 Å². The standard InChI is InChI=1S/C24H24ClFN2O3/c1-15-10-19(16(2)23(25)24(15)31-9-7-27-14-29)11-17-4-5-20(21(26)12-17)18-6-8-28(3)22(30)13-18/h4-6,8,10,12-14H,7,9,11H2,1-3H3,(H,27,29). The second-order valence-corrected chi connectivity index (χ2v) is 7.77. The van der Waals surface area contributed by atoms with Crippen molar-refractivity contribution >= 4 is 18.0 Å². The summed E-state index contributed by atoms with van der Waals surface area (Å²) in [4.78, 5) is 22.2. The molecule has 0 aliphatic rings. The molecule has 2 aromatic carbocycles. The van der Waals surface area contributed by atoms with Crippen molar-refractivity contribution in [1.82, 2.24) is 9.88 Å². The third kappa shape index (κ3) is 5.14. The molecule has 0 spiro atoms. The molecule has 1 aromatic heterocycles. The van der Waals surface area contributed by atoms with E-state index in [-0.39, 0.29) is 11.4 Å². The highest BCUT2D eigenvalue weighted by Crippen LogP contribution is 2.35. The molecule has 0 saturated heterocycles. The van der Waals surface area contributed by atoms with E-state index in [0.717, 1.165) is 22.3 Å². The monoisotopic (exact) mass is 442 g/mol. The van der Waals surface area contributed by atoms with Crippen LogP contribution in [0.2, 0.25) is 5.02 Å². The Morgan fingerprint density at radius 3 is 2.65 bits per heavy atom. The highest BCUT2D eigenvalue weighted by atomic mass is 35.5. The van der Waals surface area contributed by atoms with Gasteiger partial charge in [0.25, 0.3) is 5.56 Å². The topological polar surface area (TPSA) is 60.3 Å². The molecular weight excluding hydrogens is 419 g/mol. The van der Waals surface area contributed by atoms with Gasteiger partial charge in [-0.3, -0.25) is 9.59 Å². The Labute approximate surface area is 185 Å². The Bertz CT molecular complexity index is 1170. The maximum absolute atomic E-state index is 14.8. The van der Waals surface area contributed by atoms with Gasteiger partial charge < -0.3 is 14.6 Å². The van der Waals surface area contributed by atoms with Crippen LogP contribution in [0.15, 0.2) is 47.4 Å². The summed E-state index contributed by atoms with van der Waals surface area (Å²) in [5, 5.41) is 3.05. The average molecular weight is 443 g/mol. The quantitative estimate of drug-likeness (QED) is 0.420. The number of hydrogen-bond acceptors (Lipinski definition) is 3. The number of nitrogens with zero attached hydrogens (tertiary/aromatic N) is 1. The van der Waals surface area contributed by atoms with Gasteiger partial charge in [0.1, 0.15) is 18.2 Å². The van der Waals surface area contributed by atoms with Crippen LogP contribution in [0, 0.1) is 19.7 Å². The molecule has 1 amide bonds. The third-order valence-electron chi connectivity index (χ3n) is 5.18. The number of benzene rings is 2. The fourth-order valence-electron chi connectivity index (χ4n) is 3.39. The van der Waals surface area contributed by atoms with E-state index in [9.17, 15) is 14.0 Å². The molecule has 0 aliphatic carbocycles. The molecule has 0 saturated carbocycles. The molecule has 7 heteroatoms. The maximum Gasteiger partial charge on any atom is 0.250 e. The van der Waals surface area contributed by atoms with Crippen molar-refractivity contribution in [3.8, 4) is 16.9 Å². The van der Waals surface area contributed by atoms with E-state index in [1.807, 2.05) is 26.0 Å². The van der Waals surface area contributed by atoms with Gasteiger partial charge in [0.2, 0.25) is 6.41 Å². The number of nitrogens with one attached hydrogen (secondary N) is 1. The summed E-state index contributed by atoms with van der Waals surface area (Å²) in [5.41, 5.74) is 4.25. The molecule has 1 N–H and O–H groups in total. The third-order valence-corrected chi connectivity index (χ3v) is 5.63. The molecule has 0 aliphatic heterocycles. The van der Waals surface area contributed by atoms with E-state index in [1.54, 1.807) is 25.4 Å². The SMILES string of the molecule is Cc1cc(Cc2ccc(-c3ccn(C)c(=O)c3)c(F)c2)c(C)c(Cl)c1OCCNC=O. The summed E-state index contributed by atoms with van der Waals surface area (Å²) < 4.78 is 22.0. The number of aryl methyl sites for hydroxylation is 2. The normalized spacial score (nSPS) is 10.7. The Kier molecular flexibility index (Phi) is 7.13. The number of amides is 1. The summed E-state index contributed by atoms with van der Waals surface area (Å²) in [7, 11) is 1.65. The Balaban J connectivity index is 1.83. The lowest BCUT2D eigenvalue weighted by Gasteiger charge is -2.16. The zero-order valence-electron chi connectivity index (χ0n) is 17.7. The Morgan fingerprint density at radius 2 is 1.97 bits per heavy atom. The zero-order valence-corrected chi connectivity index (χ0v) is 18.4. The molecule has 0 unspecified atom stereocenters. The van der Waals surface area contributed by atoms with Crippen molar-refractivity contribution in [3.63, 3.8) is 0 Å². The van der Waals surface area contributed by atoms with Crippen molar-refractivity contribution in [1.29, 1.82) is 0 Å². The lowest BCUT2D eigenvalue weighted by atomic mass is 9.96. The largest absolute Gasteiger partial charge is 0.490 e. The molecule has 3 aromatic rings. The molecule has 0 atom stereocenters. The van der Waals surface area contributed by atoms with E-state index in [2.05, 4.69) is 5.32 Å². The maximum atomic E-state index is 14.8. The van der Waals surface area contributed by atoms with Crippen LogP contribution >= 0.6 is 11.6 Å². The van der Waals surface area contributed by atoms with Gasteiger partial charge in [-0.2, -0.15) is 0 Å². The average Bonchev–Trinajstić information content (AvgIpc) is 2.73. The van der Waals surface area contributed by atoms with Gasteiger partial charge in [-0.1, -0.05) is 29.8 Å². The summed E-state index contributed by atoms with van der Waals surface area (Å²) in [6, 6.07) is 10.2. The van der Waals surface area contributed by atoms with Crippen molar-refractivity contribution in [3.05, 3.63) is 86.0 Å². The summed E-state index contributed by atoms with van der Waals surface area (Å²) in [6.45, 7) is 4.50. The smallest absolute Gasteiger partial charge is 0.250 e. The number of carbonyl (C=O) groups is 1. The van der Waals surface area contributed by atoms with Gasteiger partial charge in [-0.05, 0) is 60.2 Å². The molecule has 5 nitrogen and oxygen atoms in total. The first-order chi connectivity index (χ1) is 14.8.